The molecule has 108 valence electrons. The van der Waals surface area contributed by atoms with Crippen LogP contribution in [0.5, 0.6) is 5.75 Å². The number of carbonyl (C=O) groups excluding carboxylic acids is 1. The molecule has 7 heteroatoms. The second kappa shape index (κ2) is 8.31. The van der Waals surface area contributed by atoms with E-state index in [2.05, 4.69) is 26.2 Å². The van der Waals surface area contributed by atoms with Crippen LogP contribution in [0.25, 0.3) is 0 Å². The number of nitrogens with zero attached hydrogens (tertiary/aromatic N) is 2. The molecule has 0 aliphatic heterocycles. The molecule has 0 bridgehead atoms. The van der Waals surface area contributed by atoms with E-state index in [0.717, 1.165) is 0 Å². The molecule has 0 fully saturated rings. The van der Waals surface area contributed by atoms with Gasteiger partial charge < -0.3 is 14.6 Å². The number of methoxy groups -OCH3 is 1. The molecular formula is C13H15BrN2O4. The molecule has 0 radical (unpaired) electrons. The van der Waals surface area contributed by atoms with Crippen molar-refractivity contribution in [2.75, 3.05) is 19.0 Å². The van der Waals surface area contributed by atoms with E-state index in [9.17, 15) is 9.90 Å². The molecule has 1 rings (SSSR count). The molecule has 0 heterocycles. The van der Waals surface area contributed by atoms with Gasteiger partial charge in [0.1, 0.15) is 17.2 Å². The highest BCUT2D eigenvalue weighted by atomic mass is 79.9. The number of para-hydroxylation sites is 1. The maximum atomic E-state index is 11.7. The van der Waals surface area contributed by atoms with E-state index >= 15 is 0 Å². The van der Waals surface area contributed by atoms with E-state index < -0.39 is 5.97 Å². The lowest BCUT2D eigenvalue weighted by molar-refractivity contribution is -0.138. The Morgan fingerprint density at radius 1 is 1.40 bits per heavy atom. The molecule has 0 spiro atoms. The Bertz CT molecular complexity index is 529. The van der Waals surface area contributed by atoms with Crippen LogP contribution in [-0.4, -0.2) is 30.1 Å². The maximum Gasteiger partial charge on any atom is 0.362 e. The minimum atomic E-state index is -0.733. The van der Waals surface area contributed by atoms with E-state index in [1.165, 1.54) is 7.11 Å². The Balaban J connectivity index is 3.07. The number of rotatable bonds is 6. The smallest absolute Gasteiger partial charge is 0.362 e. The monoisotopic (exact) mass is 342 g/mol. The van der Waals surface area contributed by atoms with E-state index in [4.69, 9.17) is 9.47 Å². The van der Waals surface area contributed by atoms with Crippen LogP contribution in [0.3, 0.4) is 0 Å². The summed E-state index contributed by atoms with van der Waals surface area (Å²) in [6.07, 6.45) is 0. The van der Waals surface area contributed by atoms with Crippen molar-refractivity contribution in [3.8, 4) is 5.75 Å². The second-order valence-electron chi connectivity index (χ2n) is 3.52. The van der Waals surface area contributed by atoms with E-state index in [1.807, 2.05) is 0 Å². The number of aliphatic hydroxyl groups excluding tert-OH is 1. The van der Waals surface area contributed by atoms with Gasteiger partial charge in [-0.2, -0.15) is 0 Å². The highest BCUT2D eigenvalue weighted by Crippen LogP contribution is 2.27. The number of carbonyl (C=O) groups is 1. The Kier molecular flexibility index (Phi) is 6.72. The third-order valence-corrected chi connectivity index (χ3v) is 2.74. The first-order valence-electron chi connectivity index (χ1n) is 5.84. The van der Waals surface area contributed by atoms with Gasteiger partial charge in [-0.3, -0.25) is 0 Å². The van der Waals surface area contributed by atoms with Gasteiger partial charge in [0.05, 0.1) is 19.0 Å². The molecule has 0 unspecified atom stereocenters. The van der Waals surface area contributed by atoms with Crippen LogP contribution >= 0.6 is 15.9 Å². The second-order valence-corrected chi connectivity index (χ2v) is 4.08. The van der Waals surface area contributed by atoms with Crippen LogP contribution in [0, 0.1) is 0 Å². The first kappa shape index (κ1) is 16.2. The molecule has 0 aliphatic rings. The van der Waals surface area contributed by atoms with Crippen molar-refractivity contribution in [1.82, 2.24) is 0 Å². The number of ether oxygens (including phenoxy) is 2. The summed E-state index contributed by atoms with van der Waals surface area (Å²) in [5.41, 5.74) is 0.203. The number of halogens is 1. The fourth-order valence-corrected chi connectivity index (χ4v) is 1.56. The molecule has 20 heavy (non-hydrogen) atoms. The lowest BCUT2D eigenvalue weighted by Crippen LogP contribution is -2.09. The van der Waals surface area contributed by atoms with Crippen LogP contribution in [0.2, 0.25) is 0 Å². The van der Waals surface area contributed by atoms with Crippen LogP contribution in [0.15, 0.2) is 46.0 Å². The van der Waals surface area contributed by atoms with Crippen molar-refractivity contribution in [2.24, 2.45) is 10.2 Å². The van der Waals surface area contributed by atoms with Crippen molar-refractivity contribution in [3.05, 3.63) is 35.7 Å². The lowest BCUT2D eigenvalue weighted by Gasteiger charge is -2.04. The largest absolute Gasteiger partial charge is 0.509 e. The molecule has 0 saturated carbocycles. The summed E-state index contributed by atoms with van der Waals surface area (Å²) in [4.78, 5) is 11.7. The zero-order valence-electron chi connectivity index (χ0n) is 11.2. The van der Waals surface area contributed by atoms with Gasteiger partial charge in [-0.05, 0) is 19.1 Å². The Labute approximate surface area is 125 Å². The average molecular weight is 343 g/mol. The van der Waals surface area contributed by atoms with Crippen molar-refractivity contribution in [2.45, 2.75) is 6.92 Å². The van der Waals surface area contributed by atoms with E-state index in [-0.39, 0.29) is 23.4 Å². The van der Waals surface area contributed by atoms with Gasteiger partial charge in [-0.25, -0.2) is 4.79 Å². The lowest BCUT2D eigenvalue weighted by atomic mass is 10.3. The van der Waals surface area contributed by atoms with Crippen molar-refractivity contribution in [1.29, 1.82) is 0 Å². The topological polar surface area (TPSA) is 80.5 Å². The molecule has 6 nitrogen and oxygen atoms in total. The molecule has 1 aromatic rings. The summed E-state index contributed by atoms with van der Waals surface area (Å²) < 4.78 is 9.92. The average Bonchev–Trinajstić information content (AvgIpc) is 2.47. The number of alkyl halides is 1. The van der Waals surface area contributed by atoms with Crippen molar-refractivity contribution in [3.63, 3.8) is 0 Å². The first-order chi connectivity index (χ1) is 9.63. The summed E-state index contributed by atoms with van der Waals surface area (Å²) in [6, 6.07) is 6.94. The molecule has 0 saturated heterocycles. The number of benzene rings is 1. The number of azo groups is 1. The molecule has 0 aromatic heterocycles. The summed E-state index contributed by atoms with van der Waals surface area (Å²) in [6.45, 7) is 1.85. The first-order valence-corrected chi connectivity index (χ1v) is 6.96. The van der Waals surface area contributed by atoms with Gasteiger partial charge in [0, 0.05) is 0 Å². The number of allylic oxidation sites excluding steroid dienone is 1. The van der Waals surface area contributed by atoms with Gasteiger partial charge in [0.2, 0.25) is 5.70 Å². The summed E-state index contributed by atoms with van der Waals surface area (Å²) in [5.74, 6) is -0.469. The SMILES string of the molecule is CCOC(=O)C(N=Nc1ccccc1OC)=C(O)CBr. The van der Waals surface area contributed by atoms with Gasteiger partial charge in [-0.15, -0.1) is 10.2 Å². The molecule has 0 aliphatic carbocycles. The third-order valence-electron chi connectivity index (χ3n) is 2.21. The standard InChI is InChI=1S/C13H15BrN2O4/c1-3-20-13(18)12(10(17)8-14)16-15-9-6-4-5-7-11(9)19-2/h4-7,17H,3,8H2,1-2H3. The predicted octanol–water partition coefficient (Wildman–Crippen LogP) is 3.51. The Hall–Kier alpha value is -1.89. The fraction of sp³-hybridized carbons (Fsp3) is 0.308. The molecule has 1 N–H and O–H groups in total. The van der Waals surface area contributed by atoms with Gasteiger partial charge in [0.25, 0.3) is 0 Å². The van der Waals surface area contributed by atoms with Gasteiger partial charge in [0.15, 0.2) is 0 Å². The molecule has 1 aromatic carbocycles. The summed E-state index contributed by atoms with van der Waals surface area (Å²) in [5, 5.41) is 17.4. The van der Waals surface area contributed by atoms with Gasteiger partial charge in [-0.1, -0.05) is 28.1 Å². The Morgan fingerprint density at radius 3 is 2.70 bits per heavy atom. The van der Waals surface area contributed by atoms with Crippen molar-refractivity contribution >= 4 is 27.6 Å². The molecule has 0 atom stereocenters. The summed E-state index contributed by atoms with van der Waals surface area (Å²) in [7, 11) is 1.51. The van der Waals surface area contributed by atoms with Crippen LogP contribution in [0.1, 0.15) is 6.92 Å². The number of hydrogen-bond donors (Lipinski definition) is 1. The quantitative estimate of drug-likeness (QED) is 0.282. The fourth-order valence-electron chi connectivity index (χ4n) is 1.30. The number of hydrogen-bond acceptors (Lipinski definition) is 6. The minimum absolute atomic E-state index is 0.0755. The predicted molar refractivity (Wildman–Crippen MR) is 77.6 cm³/mol. The normalized spacial score (nSPS) is 12.2. The highest BCUT2D eigenvalue weighted by molar-refractivity contribution is 9.09. The van der Waals surface area contributed by atoms with Crippen molar-refractivity contribution < 1.29 is 19.4 Å². The maximum absolute atomic E-state index is 11.7. The van der Waals surface area contributed by atoms with Gasteiger partial charge >= 0.3 is 5.97 Å². The number of aliphatic hydroxyl groups is 1. The summed E-state index contributed by atoms with van der Waals surface area (Å²) >= 11 is 3.05. The third kappa shape index (κ3) is 4.34. The highest BCUT2D eigenvalue weighted by Gasteiger charge is 2.16. The van der Waals surface area contributed by atoms with E-state index in [0.29, 0.717) is 11.4 Å². The minimum Gasteiger partial charge on any atom is -0.509 e. The van der Waals surface area contributed by atoms with E-state index in [1.54, 1.807) is 31.2 Å². The zero-order valence-corrected chi connectivity index (χ0v) is 12.8. The zero-order chi connectivity index (χ0) is 15.0. The molecular weight excluding hydrogens is 328 g/mol. The van der Waals surface area contributed by atoms with Crippen LogP contribution in [0.4, 0.5) is 5.69 Å². The molecule has 0 amide bonds. The van der Waals surface area contributed by atoms with Crippen LogP contribution < -0.4 is 4.74 Å². The number of esters is 1. The Morgan fingerprint density at radius 2 is 2.10 bits per heavy atom. The van der Waals surface area contributed by atoms with Crippen LogP contribution in [-0.2, 0) is 9.53 Å².